The average molecular weight is 368 g/mol. The van der Waals surface area contributed by atoms with Crippen molar-refractivity contribution in [3.63, 3.8) is 0 Å². The lowest BCUT2D eigenvalue weighted by molar-refractivity contribution is -0.136. The highest BCUT2D eigenvalue weighted by Gasteiger charge is 2.34. The first kappa shape index (κ1) is 19.6. The van der Waals surface area contributed by atoms with Gasteiger partial charge < -0.3 is 15.1 Å². The third kappa shape index (κ3) is 5.37. The number of carbonyl (C=O) groups is 2. The molecule has 2 rings (SSSR count). The molecular formula is C18H19F3N2O3. The fourth-order valence-electron chi connectivity index (χ4n) is 2.31. The zero-order valence-electron chi connectivity index (χ0n) is 14.2. The normalized spacial score (nSPS) is 11.2. The fourth-order valence-corrected chi connectivity index (χ4v) is 2.31. The van der Waals surface area contributed by atoms with Gasteiger partial charge in [0, 0.05) is 12.1 Å². The summed E-state index contributed by atoms with van der Waals surface area (Å²) in [5.74, 6) is -1.07. The minimum atomic E-state index is -4.68. The second-order valence-electron chi connectivity index (χ2n) is 5.73. The molecule has 0 saturated carbocycles. The number of benzene rings is 1. The van der Waals surface area contributed by atoms with Gasteiger partial charge in [-0.25, -0.2) is 0 Å². The van der Waals surface area contributed by atoms with Crippen molar-refractivity contribution in [2.45, 2.75) is 38.8 Å². The van der Waals surface area contributed by atoms with Crippen LogP contribution in [0.5, 0.6) is 0 Å². The summed E-state index contributed by atoms with van der Waals surface area (Å²) in [6.07, 6.45) is 0.303. The number of halogens is 3. The number of anilines is 2. The summed E-state index contributed by atoms with van der Waals surface area (Å²) in [6.45, 7) is 1.97. The number of rotatable bonds is 7. The molecule has 0 saturated heterocycles. The molecule has 0 spiro atoms. The van der Waals surface area contributed by atoms with Crippen LogP contribution in [0.15, 0.2) is 41.2 Å². The largest absolute Gasteiger partial charge is 0.472 e. The lowest BCUT2D eigenvalue weighted by Gasteiger charge is -2.15. The maximum atomic E-state index is 13.3. The Morgan fingerprint density at radius 1 is 1.12 bits per heavy atom. The fraction of sp³-hybridized carbons (Fsp3) is 0.333. The van der Waals surface area contributed by atoms with Crippen LogP contribution in [0.2, 0.25) is 0 Å². The van der Waals surface area contributed by atoms with Gasteiger partial charge in [0.2, 0.25) is 5.91 Å². The maximum absolute atomic E-state index is 13.3. The van der Waals surface area contributed by atoms with Crippen LogP contribution in [0.3, 0.4) is 0 Å². The molecule has 8 heteroatoms. The molecule has 1 aromatic heterocycles. The molecule has 0 bridgehead atoms. The molecule has 5 nitrogen and oxygen atoms in total. The van der Waals surface area contributed by atoms with Crippen LogP contribution in [0.4, 0.5) is 24.5 Å². The van der Waals surface area contributed by atoms with Gasteiger partial charge in [-0.2, -0.15) is 13.2 Å². The van der Waals surface area contributed by atoms with Crippen LogP contribution < -0.4 is 10.6 Å². The highest BCUT2D eigenvalue weighted by Crippen LogP contribution is 2.36. The Morgan fingerprint density at radius 2 is 1.88 bits per heavy atom. The number of carbonyl (C=O) groups excluding carboxylic acids is 2. The number of nitrogens with one attached hydrogen (secondary N) is 2. The molecule has 26 heavy (non-hydrogen) atoms. The number of unbranched alkanes of at least 4 members (excludes halogenated alkanes) is 2. The number of furan rings is 1. The van der Waals surface area contributed by atoms with Crippen LogP contribution in [0.25, 0.3) is 0 Å². The highest BCUT2D eigenvalue weighted by molar-refractivity contribution is 6.04. The third-order valence-corrected chi connectivity index (χ3v) is 3.65. The second kappa shape index (κ2) is 8.55. The van der Waals surface area contributed by atoms with Crippen molar-refractivity contribution >= 4 is 23.2 Å². The first-order valence-corrected chi connectivity index (χ1v) is 8.16. The minimum absolute atomic E-state index is 0.0347. The smallest absolute Gasteiger partial charge is 0.418 e. The van der Waals surface area contributed by atoms with Gasteiger partial charge in [0.05, 0.1) is 23.1 Å². The number of hydrogen-bond donors (Lipinski definition) is 2. The molecule has 2 amide bonds. The molecule has 0 fully saturated rings. The second-order valence-corrected chi connectivity index (χ2v) is 5.73. The Bertz CT molecular complexity index is 756. The van der Waals surface area contributed by atoms with Gasteiger partial charge in [-0.3, -0.25) is 9.59 Å². The molecule has 0 unspecified atom stereocenters. The zero-order chi connectivity index (χ0) is 19.2. The van der Waals surface area contributed by atoms with Gasteiger partial charge in [0.1, 0.15) is 6.26 Å². The van der Waals surface area contributed by atoms with E-state index in [4.69, 9.17) is 4.42 Å². The SMILES string of the molecule is CCCCCC(=O)Nc1ccc(NC(=O)c2ccoc2)cc1C(F)(F)F. The number of hydrogen-bond acceptors (Lipinski definition) is 3. The minimum Gasteiger partial charge on any atom is -0.472 e. The molecule has 1 heterocycles. The predicted molar refractivity (Wildman–Crippen MR) is 90.9 cm³/mol. The first-order valence-electron chi connectivity index (χ1n) is 8.16. The monoisotopic (exact) mass is 368 g/mol. The molecule has 2 aromatic rings. The topological polar surface area (TPSA) is 71.3 Å². The lowest BCUT2D eigenvalue weighted by atomic mass is 10.1. The molecule has 0 radical (unpaired) electrons. The summed E-state index contributed by atoms with van der Waals surface area (Å²) in [7, 11) is 0. The highest BCUT2D eigenvalue weighted by atomic mass is 19.4. The van der Waals surface area contributed by atoms with E-state index in [0.29, 0.717) is 6.42 Å². The van der Waals surface area contributed by atoms with Gasteiger partial charge in [0.15, 0.2) is 0 Å². The van der Waals surface area contributed by atoms with Crippen molar-refractivity contribution < 1.29 is 27.2 Å². The van der Waals surface area contributed by atoms with Crippen molar-refractivity contribution in [1.29, 1.82) is 0 Å². The Kier molecular flexibility index (Phi) is 6.43. The van der Waals surface area contributed by atoms with E-state index in [9.17, 15) is 22.8 Å². The molecule has 1 aromatic carbocycles. The molecule has 140 valence electrons. The Hall–Kier alpha value is -2.77. The average Bonchev–Trinajstić information content (AvgIpc) is 3.10. The van der Waals surface area contributed by atoms with E-state index in [-0.39, 0.29) is 23.4 Å². The van der Waals surface area contributed by atoms with E-state index in [1.165, 1.54) is 24.7 Å². The van der Waals surface area contributed by atoms with Crippen LogP contribution in [-0.2, 0) is 11.0 Å². The van der Waals surface area contributed by atoms with Crippen LogP contribution in [0.1, 0.15) is 48.5 Å². The van der Waals surface area contributed by atoms with E-state index >= 15 is 0 Å². The summed E-state index contributed by atoms with van der Waals surface area (Å²) < 4.78 is 44.7. The molecule has 0 aliphatic heterocycles. The quantitative estimate of drug-likeness (QED) is 0.670. The number of alkyl halides is 3. The molecule has 0 aliphatic rings. The van der Waals surface area contributed by atoms with E-state index in [2.05, 4.69) is 10.6 Å². The van der Waals surface area contributed by atoms with Crippen LogP contribution >= 0.6 is 0 Å². The molecular weight excluding hydrogens is 349 g/mol. The van der Waals surface area contributed by atoms with Gasteiger partial charge in [-0.05, 0) is 30.7 Å². The summed E-state index contributed by atoms with van der Waals surface area (Å²) in [4.78, 5) is 23.7. The van der Waals surface area contributed by atoms with Crippen molar-refractivity contribution in [2.75, 3.05) is 10.6 Å². The summed E-state index contributed by atoms with van der Waals surface area (Å²) in [5, 5.41) is 4.67. The molecule has 0 atom stereocenters. The maximum Gasteiger partial charge on any atom is 0.418 e. The van der Waals surface area contributed by atoms with Crippen molar-refractivity contribution in [3.05, 3.63) is 47.9 Å². The van der Waals surface area contributed by atoms with Crippen LogP contribution in [0, 0.1) is 0 Å². The predicted octanol–water partition coefficient (Wildman–Crippen LogP) is 5.07. The van der Waals surface area contributed by atoms with Gasteiger partial charge in [-0.1, -0.05) is 19.8 Å². The Balaban J connectivity index is 2.16. The van der Waals surface area contributed by atoms with Crippen molar-refractivity contribution in [2.24, 2.45) is 0 Å². The molecule has 2 N–H and O–H groups in total. The Labute approximate surface area is 148 Å². The third-order valence-electron chi connectivity index (χ3n) is 3.65. The standard InChI is InChI=1S/C18H19F3N2O3/c1-2-3-4-5-16(24)23-15-7-6-13(10-14(15)18(19,20)21)22-17(25)12-8-9-26-11-12/h6-11H,2-5H2,1H3,(H,22,25)(H,23,24). The van der Waals surface area contributed by atoms with Gasteiger partial charge in [-0.15, -0.1) is 0 Å². The Morgan fingerprint density at radius 3 is 2.50 bits per heavy atom. The summed E-state index contributed by atoms with van der Waals surface area (Å²) in [6, 6.07) is 4.62. The molecule has 0 aliphatic carbocycles. The van der Waals surface area contributed by atoms with E-state index in [1.807, 2.05) is 6.92 Å². The van der Waals surface area contributed by atoms with E-state index in [1.54, 1.807) is 0 Å². The van der Waals surface area contributed by atoms with Gasteiger partial charge in [0.25, 0.3) is 5.91 Å². The number of amides is 2. The van der Waals surface area contributed by atoms with Crippen LogP contribution in [-0.4, -0.2) is 11.8 Å². The summed E-state index contributed by atoms with van der Waals surface area (Å²) in [5.41, 5.74) is -1.20. The summed E-state index contributed by atoms with van der Waals surface area (Å²) >= 11 is 0. The lowest BCUT2D eigenvalue weighted by Crippen LogP contribution is -2.17. The zero-order valence-corrected chi connectivity index (χ0v) is 14.2. The van der Waals surface area contributed by atoms with Crippen molar-refractivity contribution in [1.82, 2.24) is 0 Å². The van der Waals surface area contributed by atoms with Crippen molar-refractivity contribution in [3.8, 4) is 0 Å². The first-order chi connectivity index (χ1) is 12.3. The van der Waals surface area contributed by atoms with E-state index in [0.717, 1.165) is 25.0 Å². The van der Waals surface area contributed by atoms with Gasteiger partial charge >= 0.3 is 6.18 Å². The van der Waals surface area contributed by atoms with E-state index < -0.39 is 23.6 Å².